The van der Waals surface area contributed by atoms with Gasteiger partial charge in [0.25, 0.3) is 5.91 Å². The molecule has 38 heavy (non-hydrogen) atoms. The number of fused-ring (bicyclic) bond motifs is 3. The van der Waals surface area contributed by atoms with Crippen LogP contribution in [-0.2, 0) is 25.6 Å². The third-order valence-corrected chi connectivity index (χ3v) is 7.88. The average Bonchev–Trinajstić information content (AvgIpc) is 2.80. The third kappa shape index (κ3) is 3.92. The Kier molecular flexibility index (Phi) is 6.77. The van der Waals surface area contributed by atoms with Gasteiger partial charge in [0, 0.05) is 44.1 Å². The van der Waals surface area contributed by atoms with Gasteiger partial charge in [0.1, 0.15) is 22.8 Å². The SMILES string of the molecule is CC(=O)NCNC(=O)C1=C(O)[C@@]2(O)C(=O)C3=C(O)c4c(O)ccc(N(C)C)c4C[C@H]3C[C@H]2[C@H](C(C)C)C1=O. The van der Waals surface area contributed by atoms with E-state index >= 15 is 0 Å². The van der Waals surface area contributed by atoms with Crippen LogP contribution in [0.1, 0.15) is 38.3 Å². The van der Waals surface area contributed by atoms with Crippen LogP contribution in [0.3, 0.4) is 0 Å². The van der Waals surface area contributed by atoms with Crippen LogP contribution in [-0.4, -0.2) is 70.2 Å². The molecule has 0 unspecified atom stereocenters. The molecule has 1 aromatic carbocycles. The second-order valence-corrected chi connectivity index (χ2v) is 10.7. The van der Waals surface area contributed by atoms with Gasteiger partial charge in [0.05, 0.1) is 12.2 Å². The molecule has 1 fully saturated rings. The van der Waals surface area contributed by atoms with Gasteiger partial charge < -0.3 is 36.0 Å². The topological polar surface area (TPSA) is 176 Å². The zero-order chi connectivity index (χ0) is 28.3. The molecule has 4 rings (SSSR count). The molecule has 0 saturated heterocycles. The minimum atomic E-state index is -2.64. The van der Waals surface area contributed by atoms with E-state index in [-0.39, 0.29) is 36.4 Å². The van der Waals surface area contributed by atoms with Crippen molar-refractivity contribution in [2.24, 2.45) is 23.7 Å². The first-order valence-electron chi connectivity index (χ1n) is 12.5. The number of aliphatic hydroxyl groups excluding tert-OH is 2. The highest BCUT2D eigenvalue weighted by molar-refractivity contribution is 6.24. The second-order valence-electron chi connectivity index (χ2n) is 10.7. The third-order valence-electron chi connectivity index (χ3n) is 7.88. The lowest BCUT2D eigenvalue weighted by molar-refractivity contribution is -0.155. The minimum absolute atomic E-state index is 0.0712. The van der Waals surface area contributed by atoms with Gasteiger partial charge in [-0.1, -0.05) is 13.8 Å². The van der Waals surface area contributed by atoms with Crippen molar-refractivity contribution in [1.29, 1.82) is 0 Å². The Bertz CT molecular complexity index is 1310. The number of hydrogen-bond donors (Lipinski definition) is 6. The molecule has 0 heterocycles. The number of nitrogens with zero attached hydrogens (tertiary/aromatic N) is 1. The van der Waals surface area contributed by atoms with Crippen LogP contribution in [0, 0.1) is 23.7 Å². The summed E-state index contributed by atoms with van der Waals surface area (Å²) in [4.78, 5) is 53.4. The van der Waals surface area contributed by atoms with E-state index in [0.29, 0.717) is 5.56 Å². The molecule has 0 bridgehead atoms. The molecule has 2 amide bonds. The molecule has 0 radical (unpaired) electrons. The summed E-state index contributed by atoms with van der Waals surface area (Å²) >= 11 is 0. The Balaban J connectivity index is 1.89. The Hall–Kier alpha value is -3.86. The van der Waals surface area contributed by atoms with Crippen LogP contribution in [0.15, 0.2) is 29.0 Å². The van der Waals surface area contributed by atoms with Crippen LogP contribution in [0.4, 0.5) is 5.69 Å². The fourth-order valence-corrected chi connectivity index (χ4v) is 6.21. The normalized spacial score (nSPS) is 26.6. The minimum Gasteiger partial charge on any atom is -0.508 e. The summed E-state index contributed by atoms with van der Waals surface area (Å²) in [7, 11) is 3.62. The van der Waals surface area contributed by atoms with Crippen LogP contribution >= 0.6 is 0 Å². The number of amides is 2. The largest absolute Gasteiger partial charge is 0.508 e. The molecule has 0 aliphatic heterocycles. The number of nitrogens with one attached hydrogen (secondary N) is 2. The molecule has 0 spiro atoms. The van der Waals surface area contributed by atoms with Crippen molar-refractivity contribution < 1.29 is 39.6 Å². The lowest BCUT2D eigenvalue weighted by Crippen LogP contribution is -2.62. The second kappa shape index (κ2) is 9.46. The number of anilines is 1. The van der Waals surface area contributed by atoms with Crippen LogP contribution in [0.25, 0.3) is 5.76 Å². The summed E-state index contributed by atoms with van der Waals surface area (Å²) in [5.74, 6) is -8.08. The Morgan fingerprint density at radius 2 is 1.79 bits per heavy atom. The number of phenolic OH excluding ortho intramolecular Hbond substituents is 1. The van der Waals surface area contributed by atoms with Crippen molar-refractivity contribution in [3.05, 3.63) is 40.2 Å². The average molecular weight is 528 g/mol. The summed E-state index contributed by atoms with van der Waals surface area (Å²) in [6, 6.07) is 3.11. The number of benzene rings is 1. The number of phenols is 1. The lowest BCUT2D eigenvalue weighted by Gasteiger charge is -2.50. The van der Waals surface area contributed by atoms with E-state index in [1.54, 1.807) is 19.9 Å². The van der Waals surface area contributed by atoms with Crippen LogP contribution in [0.5, 0.6) is 5.75 Å². The first-order valence-corrected chi connectivity index (χ1v) is 12.5. The maximum atomic E-state index is 14.0. The predicted octanol–water partition coefficient (Wildman–Crippen LogP) is 1.10. The molecule has 6 N–H and O–H groups in total. The van der Waals surface area contributed by atoms with E-state index in [9.17, 15) is 39.6 Å². The van der Waals surface area contributed by atoms with Crippen molar-refractivity contribution in [3.63, 3.8) is 0 Å². The van der Waals surface area contributed by atoms with Crippen molar-refractivity contribution >= 4 is 34.8 Å². The van der Waals surface area contributed by atoms with Gasteiger partial charge in [0.2, 0.25) is 11.7 Å². The van der Waals surface area contributed by atoms with Crippen molar-refractivity contribution in [3.8, 4) is 5.75 Å². The fraction of sp³-hybridized carbons (Fsp3) is 0.481. The van der Waals surface area contributed by atoms with E-state index in [4.69, 9.17) is 0 Å². The van der Waals surface area contributed by atoms with Gasteiger partial charge in [0.15, 0.2) is 11.4 Å². The first-order chi connectivity index (χ1) is 17.7. The molecule has 11 nitrogen and oxygen atoms in total. The van der Waals surface area contributed by atoms with E-state index in [2.05, 4.69) is 10.6 Å². The number of ketones is 2. The maximum Gasteiger partial charge on any atom is 0.259 e. The van der Waals surface area contributed by atoms with Gasteiger partial charge in [-0.05, 0) is 42.4 Å². The molecule has 11 heteroatoms. The van der Waals surface area contributed by atoms with E-state index in [1.807, 2.05) is 19.0 Å². The molecular formula is C27H33N3O8. The summed E-state index contributed by atoms with van der Waals surface area (Å²) < 4.78 is 0. The van der Waals surface area contributed by atoms with E-state index < -0.39 is 69.7 Å². The number of Topliss-reactive ketones (excluding diaryl/α,β-unsaturated/α-hetero) is 2. The molecule has 1 saturated carbocycles. The Morgan fingerprint density at radius 1 is 1.13 bits per heavy atom. The summed E-state index contributed by atoms with van der Waals surface area (Å²) in [6.07, 6.45) is 0.325. The van der Waals surface area contributed by atoms with Crippen molar-refractivity contribution in [2.75, 3.05) is 25.7 Å². The van der Waals surface area contributed by atoms with Gasteiger partial charge in [-0.2, -0.15) is 0 Å². The molecule has 3 aliphatic rings. The highest BCUT2D eigenvalue weighted by Crippen LogP contribution is 2.55. The van der Waals surface area contributed by atoms with E-state index in [1.165, 1.54) is 13.0 Å². The van der Waals surface area contributed by atoms with Crippen molar-refractivity contribution in [1.82, 2.24) is 10.6 Å². The van der Waals surface area contributed by atoms with E-state index in [0.717, 1.165) is 5.69 Å². The first kappa shape index (κ1) is 27.2. The number of aromatic hydroxyl groups is 1. The number of carbonyl (C=O) groups is 4. The molecule has 1 aromatic rings. The number of carbonyl (C=O) groups excluding carboxylic acids is 4. The quantitative estimate of drug-likeness (QED) is 0.242. The maximum absolute atomic E-state index is 14.0. The summed E-state index contributed by atoms with van der Waals surface area (Å²) in [5.41, 5.74) is -2.13. The predicted molar refractivity (Wildman–Crippen MR) is 137 cm³/mol. The zero-order valence-electron chi connectivity index (χ0n) is 22.0. The van der Waals surface area contributed by atoms with Gasteiger partial charge in [-0.15, -0.1) is 0 Å². The zero-order valence-corrected chi connectivity index (χ0v) is 22.0. The lowest BCUT2D eigenvalue weighted by atomic mass is 9.54. The smallest absolute Gasteiger partial charge is 0.259 e. The summed E-state index contributed by atoms with van der Waals surface area (Å²) in [6.45, 7) is 4.35. The summed E-state index contributed by atoms with van der Waals surface area (Å²) in [5, 5.41) is 49.5. The van der Waals surface area contributed by atoms with Crippen LogP contribution in [0.2, 0.25) is 0 Å². The molecule has 0 aromatic heterocycles. The van der Waals surface area contributed by atoms with Gasteiger partial charge in [-0.3, -0.25) is 19.2 Å². The highest BCUT2D eigenvalue weighted by atomic mass is 16.3. The fourth-order valence-electron chi connectivity index (χ4n) is 6.21. The molecular weight excluding hydrogens is 494 g/mol. The number of hydrogen-bond acceptors (Lipinski definition) is 9. The van der Waals surface area contributed by atoms with Crippen molar-refractivity contribution in [2.45, 2.75) is 39.2 Å². The van der Waals surface area contributed by atoms with Gasteiger partial charge in [-0.25, -0.2) is 0 Å². The molecule has 3 aliphatic carbocycles. The molecule has 204 valence electrons. The number of rotatable bonds is 5. The highest BCUT2D eigenvalue weighted by Gasteiger charge is 2.64. The monoisotopic (exact) mass is 527 g/mol. The number of aliphatic hydroxyl groups is 3. The Labute approximate surface area is 219 Å². The van der Waals surface area contributed by atoms with Crippen LogP contribution < -0.4 is 15.5 Å². The molecule has 4 atom stereocenters. The standard InChI is InChI=1S/C27H33N3O8/c1-11(2)18-15-9-13-8-14-16(30(4)5)6-7-17(32)20(14)23(34)19(13)24(35)27(15,38)25(36)21(22(18)33)26(37)29-10-28-12(3)31/h6-7,11,13,15,18,32,34,36,38H,8-10H2,1-5H3,(H,28,31)(H,29,37)/t13-,15-,18-,27-/m0/s1. The van der Waals surface area contributed by atoms with Gasteiger partial charge >= 0.3 is 0 Å². The Morgan fingerprint density at radius 3 is 2.37 bits per heavy atom.